The zero-order valence-electron chi connectivity index (χ0n) is 13.0. The molecule has 0 radical (unpaired) electrons. The summed E-state index contributed by atoms with van der Waals surface area (Å²) < 4.78 is 1.99. The summed E-state index contributed by atoms with van der Waals surface area (Å²) in [7, 11) is 2.03. The van der Waals surface area contributed by atoms with Gasteiger partial charge in [0.15, 0.2) is 0 Å². The van der Waals surface area contributed by atoms with Gasteiger partial charge < -0.3 is 10.6 Å². The minimum Gasteiger partial charge on any atom is -0.357 e. The summed E-state index contributed by atoms with van der Waals surface area (Å²) in [5, 5.41) is 4.52. The smallest absolute Gasteiger partial charge is 0.131 e. The van der Waals surface area contributed by atoms with Crippen molar-refractivity contribution in [2.45, 2.75) is 47.1 Å². The highest BCUT2D eigenvalue weighted by Crippen LogP contribution is 2.36. The molecule has 4 heteroatoms. The molecule has 108 valence electrons. The molecule has 19 heavy (non-hydrogen) atoms. The summed E-state index contributed by atoms with van der Waals surface area (Å²) in [5.41, 5.74) is 8.58. The summed E-state index contributed by atoms with van der Waals surface area (Å²) in [6, 6.07) is 0. The number of anilines is 1. The fourth-order valence-electron chi connectivity index (χ4n) is 3.28. The summed E-state index contributed by atoms with van der Waals surface area (Å²) in [6.07, 6.45) is 2.52. The molecule has 0 bridgehead atoms. The molecule has 2 N–H and O–H groups in total. The summed E-state index contributed by atoms with van der Waals surface area (Å²) in [4.78, 5) is 2.46. The van der Waals surface area contributed by atoms with Gasteiger partial charge >= 0.3 is 0 Å². The Morgan fingerprint density at radius 1 is 1.26 bits per heavy atom. The molecule has 0 spiro atoms. The van der Waals surface area contributed by atoms with E-state index < -0.39 is 0 Å². The van der Waals surface area contributed by atoms with Crippen molar-refractivity contribution >= 4 is 5.82 Å². The molecular formula is C15H28N4. The quantitative estimate of drug-likeness (QED) is 0.892. The van der Waals surface area contributed by atoms with Gasteiger partial charge in [-0.3, -0.25) is 4.68 Å². The Labute approximate surface area is 117 Å². The Morgan fingerprint density at radius 3 is 2.32 bits per heavy atom. The maximum absolute atomic E-state index is 5.89. The second-order valence-electron chi connectivity index (χ2n) is 6.84. The van der Waals surface area contributed by atoms with Gasteiger partial charge in [0.1, 0.15) is 5.82 Å². The lowest BCUT2D eigenvalue weighted by Crippen LogP contribution is -2.39. The Balaban J connectivity index is 2.14. The van der Waals surface area contributed by atoms with Crippen molar-refractivity contribution in [1.82, 2.24) is 9.78 Å². The lowest BCUT2D eigenvalue weighted by molar-refractivity contribution is 0.198. The number of nitrogens with two attached hydrogens (primary N) is 1. The lowest BCUT2D eigenvalue weighted by Gasteiger charge is -2.39. The number of hydrogen-bond donors (Lipinski definition) is 1. The van der Waals surface area contributed by atoms with Crippen LogP contribution in [0.3, 0.4) is 0 Å². The molecule has 0 saturated carbocycles. The Morgan fingerprint density at radius 2 is 1.84 bits per heavy atom. The Hall–Kier alpha value is -1.03. The maximum Gasteiger partial charge on any atom is 0.131 e. The third kappa shape index (κ3) is 2.78. The first kappa shape index (κ1) is 14.4. The van der Waals surface area contributed by atoms with E-state index in [0.29, 0.717) is 12.0 Å². The summed E-state index contributed by atoms with van der Waals surface area (Å²) >= 11 is 0. The fourth-order valence-corrected chi connectivity index (χ4v) is 3.28. The summed E-state index contributed by atoms with van der Waals surface area (Å²) in [6.45, 7) is 11.9. The highest BCUT2D eigenvalue weighted by molar-refractivity contribution is 5.50. The minimum absolute atomic E-state index is 0.422. The van der Waals surface area contributed by atoms with E-state index in [0.717, 1.165) is 24.7 Å². The van der Waals surface area contributed by atoms with Crippen LogP contribution in [0.5, 0.6) is 0 Å². The number of hydrogen-bond acceptors (Lipinski definition) is 3. The zero-order chi connectivity index (χ0) is 14.2. The van der Waals surface area contributed by atoms with Crippen molar-refractivity contribution in [1.29, 1.82) is 0 Å². The SMILES string of the molecule is Cc1nn(C)c(N2CCC(C(C)(C)C)CC2)c1CN. The van der Waals surface area contributed by atoms with Gasteiger partial charge in [0.25, 0.3) is 0 Å². The zero-order valence-corrected chi connectivity index (χ0v) is 13.0. The molecule has 0 aliphatic carbocycles. The van der Waals surface area contributed by atoms with Crippen molar-refractivity contribution in [2.75, 3.05) is 18.0 Å². The standard InChI is InChI=1S/C15H28N4/c1-11-13(10-16)14(18(5)17-11)19-8-6-12(7-9-19)15(2,3)4/h12H,6-10,16H2,1-5H3. The van der Waals surface area contributed by atoms with Crippen LogP contribution in [0.4, 0.5) is 5.82 Å². The monoisotopic (exact) mass is 264 g/mol. The summed E-state index contributed by atoms with van der Waals surface area (Å²) in [5.74, 6) is 2.05. The molecule has 1 saturated heterocycles. The van der Waals surface area contributed by atoms with E-state index >= 15 is 0 Å². The average molecular weight is 264 g/mol. The van der Waals surface area contributed by atoms with E-state index in [4.69, 9.17) is 5.73 Å². The van der Waals surface area contributed by atoms with E-state index in [2.05, 4.69) is 30.8 Å². The highest BCUT2D eigenvalue weighted by atomic mass is 15.4. The topological polar surface area (TPSA) is 47.1 Å². The van der Waals surface area contributed by atoms with Gasteiger partial charge in [-0.15, -0.1) is 0 Å². The molecule has 0 atom stereocenters. The lowest BCUT2D eigenvalue weighted by atomic mass is 9.75. The highest BCUT2D eigenvalue weighted by Gasteiger charge is 2.30. The van der Waals surface area contributed by atoms with Crippen LogP contribution in [0.15, 0.2) is 0 Å². The van der Waals surface area contributed by atoms with Gasteiger partial charge in [-0.1, -0.05) is 20.8 Å². The van der Waals surface area contributed by atoms with E-state index in [1.807, 2.05) is 18.7 Å². The van der Waals surface area contributed by atoms with Crippen LogP contribution in [-0.2, 0) is 13.6 Å². The molecule has 1 aromatic heterocycles. The van der Waals surface area contributed by atoms with E-state index in [1.165, 1.54) is 24.2 Å². The molecule has 2 rings (SSSR count). The van der Waals surface area contributed by atoms with E-state index in [9.17, 15) is 0 Å². The van der Waals surface area contributed by atoms with Crippen molar-refractivity contribution in [2.24, 2.45) is 24.1 Å². The van der Waals surface area contributed by atoms with Gasteiger partial charge in [-0.25, -0.2) is 0 Å². The van der Waals surface area contributed by atoms with E-state index in [-0.39, 0.29) is 0 Å². The third-order valence-electron chi connectivity index (χ3n) is 4.54. The molecule has 2 heterocycles. The molecule has 1 fully saturated rings. The van der Waals surface area contributed by atoms with Crippen LogP contribution >= 0.6 is 0 Å². The second kappa shape index (κ2) is 5.16. The van der Waals surface area contributed by atoms with Gasteiger partial charge in [0, 0.05) is 32.2 Å². The molecule has 0 aromatic carbocycles. The first-order chi connectivity index (χ1) is 8.84. The predicted octanol–water partition coefficient (Wildman–Crippen LogP) is 2.45. The predicted molar refractivity (Wildman–Crippen MR) is 80.2 cm³/mol. The van der Waals surface area contributed by atoms with Gasteiger partial charge in [-0.2, -0.15) is 5.10 Å². The van der Waals surface area contributed by atoms with Gasteiger partial charge in [0.05, 0.1) is 5.69 Å². The van der Waals surface area contributed by atoms with Crippen LogP contribution in [0.1, 0.15) is 44.9 Å². The van der Waals surface area contributed by atoms with Crippen molar-refractivity contribution in [3.8, 4) is 0 Å². The van der Waals surface area contributed by atoms with Crippen molar-refractivity contribution < 1.29 is 0 Å². The molecule has 1 aromatic rings. The first-order valence-electron chi connectivity index (χ1n) is 7.32. The largest absolute Gasteiger partial charge is 0.357 e. The Kier molecular flexibility index (Phi) is 3.90. The third-order valence-corrected chi connectivity index (χ3v) is 4.54. The molecule has 0 amide bonds. The number of piperidine rings is 1. The number of nitrogens with zero attached hydrogens (tertiary/aromatic N) is 3. The molecule has 4 nitrogen and oxygen atoms in total. The van der Waals surface area contributed by atoms with Crippen LogP contribution in [-0.4, -0.2) is 22.9 Å². The second-order valence-corrected chi connectivity index (χ2v) is 6.84. The fraction of sp³-hybridized carbons (Fsp3) is 0.800. The Bertz CT molecular complexity index is 434. The molecular weight excluding hydrogens is 236 g/mol. The molecule has 1 aliphatic rings. The van der Waals surface area contributed by atoms with Crippen LogP contribution in [0, 0.1) is 18.3 Å². The molecule has 1 aliphatic heterocycles. The van der Waals surface area contributed by atoms with Crippen molar-refractivity contribution in [3.63, 3.8) is 0 Å². The van der Waals surface area contributed by atoms with Gasteiger partial charge in [0.2, 0.25) is 0 Å². The van der Waals surface area contributed by atoms with E-state index in [1.54, 1.807) is 0 Å². The number of aromatic nitrogens is 2. The number of aryl methyl sites for hydroxylation is 2. The number of rotatable bonds is 2. The molecule has 0 unspecified atom stereocenters. The van der Waals surface area contributed by atoms with Crippen LogP contribution < -0.4 is 10.6 Å². The first-order valence-corrected chi connectivity index (χ1v) is 7.32. The van der Waals surface area contributed by atoms with Crippen molar-refractivity contribution in [3.05, 3.63) is 11.3 Å². The average Bonchev–Trinajstić information content (AvgIpc) is 2.62. The van der Waals surface area contributed by atoms with Crippen LogP contribution in [0.25, 0.3) is 0 Å². The minimum atomic E-state index is 0.422. The normalized spacial score (nSPS) is 18.1. The van der Waals surface area contributed by atoms with Gasteiger partial charge in [-0.05, 0) is 31.1 Å². The van der Waals surface area contributed by atoms with Crippen LogP contribution in [0.2, 0.25) is 0 Å². The maximum atomic E-state index is 5.89.